The molecule has 0 aliphatic carbocycles. The third-order valence-corrected chi connectivity index (χ3v) is 4.80. The number of ether oxygens (including phenoxy) is 2. The number of benzene rings is 1. The number of nitrogens with one attached hydrogen (secondary N) is 1. The van der Waals surface area contributed by atoms with E-state index < -0.39 is 0 Å². The molecule has 1 fully saturated rings. The molecule has 1 aromatic carbocycles. The van der Waals surface area contributed by atoms with Crippen molar-refractivity contribution in [3.05, 3.63) is 23.8 Å². The average Bonchev–Trinajstić information content (AvgIpc) is 3.04. The lowest BCUT2D eigenvalue weighted by Gasteiger charge is -2.34. The van der Waals surface area contributed by atoms with Crippen LogP contribution in [0.5, 0.6) is 11.5 Å². The fourth-order valence-corrected chi connectivity index (χ4v) is 3.43. The van der Waals surface area contributed by atoms with Crippen molar-refractivity contribution >= 4 is 5.91 Å². The molecule has 2 heterocycles. The van der Waals surface area contributed by atoms with E-state index in [2.05, 4.69) is 41.1 Å². The molecule has 25 heavy (non-hydrogen) atoms. The summed E-state index contributed by atoms with van der Waals surface area (Å²) in [6, 6.07) is 6.42. The first kappa shape index (κ1) is 18.0. The fourth-order valence-electron chi connectivity index (χ4n) is 3.43. The normalized spacial score (nSPS) is 19.0. The van der Waals surface area contributed by atoms with Crippen molar-refractivity contribution in [2.75, 3.05) is 39.5 Å². The van der Waals surface area contributed by atoms with E-state index in [1.54, 1.807) is 0 Å². The number of carbonyl (C=O) groups excluding carboxylic acids is 1. The first-order valence-electron chi connectivity index (χ1n) is 9.26. The number of hydrogen-bond donors (Lipinski definition) is 1. The molecule has 0 aromatic heterocycles. The molecule has 0 unspecified atom stereocenters. The summed E-state index contributed by atoms with van der Waals surface area (Å²) in [7, 11) is 0. The Morgan fingerprint density at radius 1 is 1.16 bits per heavy atom. The van der Waals surface area contributed by atoms with Gasteiger partial charge < -0.3 is 14.8 Å². The van der Waals surface area contributed by atoms with Gasteiger partial charge in [-0.2, -0.15) is 0 Å². The second kappa shape index (κ2) is 8.54. The molecule has 138 valence electrons. The van der Waals surface area contributed by atoms with Crippen LogP contribution in [0.15, 0.2) is 18.2 Å². The zero-order valence-electron chi connectivity index (χ0n) is 15.3. The van der Waals surface area contributed by atoms with Crippen LogP contribution in [-0.2, 0) is 11.3 Å². The SMILES string of the molecule is CCC[C@H](C)NC(=O)CN1CCN(Cc2ccc3c(c2)OCO3)CC1. The summed E-state index contributed by atoms with van der Waals surface area (Å²) in [6.45, 7) is 9.76. The number of piperazine rings is 1. The van der Waals surface area contributed by atoms with E-state index in [9.17, 15) is 4.79 Å². The summed E-state index contributed by atoms with van der Waals surface area (Å²) in [4.78, 5) is 16.7. The number of fused-ring (bicyclic) bond motifs is 1. The lowest BCUT2D eigenvalue weighted by molar-refractivity contribution is -0.123. The van der Waals surface area contributed by atoms with Crippen LogP contribution in [0.4, 0.5) is 0 Å². The second-order valence-corrected chi connectivity index (χ2v) is 7.00. The van der Waals surface area contributed by atoms with Gasteiger partial charge in [-0.1, -0.05) is 19.4 Å². The zero-order chi connectivity index (χ0) is 17.6. The Morgan fingerprint density at radius 2 is 1.88 bits per heavy atom. The summed E-state index contributed by atoms with van der Waals surface area (Å²) in [5, 5.41) is 3.08. The van der Waals surface area contributed by atoms with Crippen LogP contribution < -0.4 is 14.8 Å². The van der Waals surface area contributed by atoms with Gasteiger partial charge in [0.2, 0.25) is 12.7 Å². The minimum atomic E-state index is 0.144. The van der Waals surface area contributed by atoms with E-state index in [1.807, 2.05) is 6.07 Å². The summed E-state index contributed by atoms with van der Waals surface area (Å²) in [5.41, 5.74) is 1.24. The molecule has 2 aliphatic heterocycles. The molecule has 3 rings (SSSR count). The van der Waals surface area contributed by atoms with Gasteiger partial charge in [-0.05, 0) is 31.0 Å². The van der Waals surface area contributed by atoms with Crippen LogP contribution in [-0.4, -0.2) is 61.3 Å². The molecular formula is C19H29N3O3. The summed E-state index contributed by atoms with van der Waals surface area (Å²) in [5.74, 6) is 1.82. The monoisotopic (exact) mass is 347 g/mol. The molecule has 1 atom stereocenters. The molecular weight excluding hydrogens is 318 g/mol. The smallest absolute Gasteiger partial charge is 0.234 e. The number of carbonyl (C=O) groups is 1. The lowest BCUT2D eigenvalue weighted by atomic mass is 10.1. The molecule has 0 bridgehead atoms. The predicted octanol–water partition coefficient (Wildman–Crippen LogP) is 1.84. The van der Waals surface area contributed by atoms with E-state index >= 15 is 0 Å². The van der Waals surface area contributed by atoms with Crippen molar-refractivity contribution in [1.29, 1.82) is 0 Å². The quantitative estimate of drug-likeness (QED) is 0.816. The Balaban J connectivity index is 1.40. The van der Waals surface area contributed by atoms with Gasteiger partial charge in [0.25, 0.3) is 0 Å². The second-order valence-electron chi connectivity index (χ2n) is 7.00. The van der Waals surface area contributed by atoms with Gasteiger partial charge in [-0.15, -0.1) is 0 Å². The largest absolute Gasteiger partial charge is 0.454 e. The molecule has 1 N–H and O–H groups in total. The van der Waals surface area contributed by atoms with Crippen molar-refractivity contribution in [3.63, 3.8) is 0 Å². The molecule has 6 heteroatoms. The molecule has 1 amide bonds. The van der Waals surface area contributed by atoms with Crippen LogP contribution in [0, 0.1) is 0 Å². The van der Waals surface area contributed by atoms with Gasteiger partial charge in [0.05, 0.1) is 6.54 Å². The maximum atomic E-state index is 12.1. The molecule has 0 saturated carbocycles. The minimum absolute atomic E-state index is 0.144. The Hall–Kier alpha value is -1.79. The number of amides is 1. The highest BCUT2D eigenvalue weighted by atomic mass is 16.7. The minimum Gasteiger partial charge on any atom is -0.454 e. The summed E-state index contributed by atoms with van der Waals surface area (Å²) < 4.78 is 10.8. The van der Waals surface area contributed by atoms with Gasteiger partial charge in [0.15, 0.2) is 11.5 Å². The molecule has 0 spiro atoms. The van der Waals surface area contributed by atoms with Crippen molar-refractivity contribution < 1.29 is 14.3 Å². The van der Waals surface area contributed by atoms with E-state index in [0.717, 1.165) is 57.1 Å². The molecule has 2 aliphatic rings. The number of hydrogen-bond acceptors (Lipinski definition) is 5. The highest BCUT2D eigenvalue weighted by Crippen LogP contribution is 2.32. The topological polar surface area (TPSA) is 54.0 Å². The van der Waals surface area contributed by atoms with Crippen LogP contribution in [0.3, 0.4) is 0 Å². The fraction of sp³-hybridized carbons (Fsp3) is 0.632. The van der Waals surface area contributed by atoms with Gasteiger partial charge in [0.1, 0.15) is 0 Å². The van der Waals surface area contributed by atoms with Gasteiger partial charge >= 0.3 is 0 Å². The van der Waals surface area contributed by atoms with E-state index in [0.29, 0.717) is 13.3 Å². The van der Waals surface area contributed by atoms with Crippen LogP contribution in [0.1, 0.15) is 32.3 Å². The zero-order valence-corrected chi connectivity index (χ0v) is 15.3. The van der Waals surface area contributed by atoms with Crippen LogP contribution in [0.25, 0.3) is 0 Å². The standard InChI is InChI=1S/C19H29N3O3/c1-3-4-15(2)20-19(23)13-22-9-7-21(8-10-22)12-16-5-6-17-18(11-16)25-14-24-17/h5-6,11,15H,3-4,7-10,12-14H2,1-2H3,(H,20,23)/t15-/m0/s1. The highest BCUT2D eigenvalue weighted by Gasteiger charge is 2.20. The van der Waals surface area contributed by atoms with Gasteiger partial charge in [-0.25, -0.2) is 0 Å². The average molecular weight is 347 g/mol. The van der Waals surface area contributed by atoms with Gasteiger partial charge in [-0.3, -0.25) is 14.6 Å². The Morgan fingerprint density at radius 3 is 2.64 bits per heavy atom. The van der Waals surface area contributed by atoms with E-state index in [-0.39, 0.29) is 11.9 Å². The Labute approximate surface area is 150 Å². The maximum absolute atomic E-state index is 12.1. The summed E-state index contributed by atoms with van der Waals surface area (Å²) in [6.07, 6.45) is 2.13. The van der Waals surface area contributed by atoms with E-state index in [1.165, 1.54) is 5.56 Å². The third kappa shape index (κ3) is 5.09. The highest BCUT2D eigenvalue weighted by molar-refractivity contribution is 5.78. The lowest BCUT2D eigenvalue weighted by Crippen LogP contribution is -2.49. The van der Waals surface area contributed by atoms with Crippen molar-refractivity contribution in [3.8, 4) is 11.5 Å². The number of nitrogens with zero attached hydrogens (tertiary/aromatic N) is 2. The van der Waals surface area contributed by atoms with Crippen molar-refractivity contribution in [1.82, 2.24) is 15.1 Å². The van der Waals surface area contributed by atoms with E-state index in [4.69, 9.17) is 9.47 Å². The first-order chi connectivity index (χ1) is 12.1. The molecule has 1 aromatic rings. The molecule has 0 radical (unpaired) electrons. The Bertz CT molecular complexity index is 585. The summed E-state index contributed by atoms with van der Waals surface area (Å²) >= 11 is 0. The van der Waals surface area contributed by atoms with Gasteiger partial charge in [0, 0.05) is 38.8 Å². The van der Waals surface area contributed by atoms with Crippen LogP contribution in [0.2, 0.25) is 0 Å². The van der Waals surface area contributed by atoms with Crippen molar-refractivity contribution in [2.24, 2.45) is 0 Å². The molecule has 1 saturated heterocycles. The van der Waals surface area contributed by atoms with Crippen molar-refractivity contribution in [2.45, 2.75) is 39.3 Å². The van der Waals surface area contributed by atoms with Crippen LogP contribution >= 0.6 is 0 Å². The molecule has 6 nitrogen and oxygen atoms in total. The maximum Gasteiger partial charge on any atom is 0.234 e. The third-order valence-electron chi connectivity index (χ3n) is 4.80. The first-order valence-corrected chi connectivity index (χ1v) is 9.26. The Kier molecular flexibility index (Phi) is 6.15. The predicted molar refractivity (Wildman–Crippen MR) is 96.8 cm³/mol. The number of rotatable bonds is 7.